The van der Waals surface area contributed by atoms with E-state index >= 15 is 0 Å². The number of fused-ring (bicyclic) bond motifs is 1. The third-order valence-electron chi connectivity index (χ3n) is 3.66. The number of hydrogen-bond acceptors (Lipinski definition) is 3. The Bertz CT molecular complexity index is 693. The number of nitrogens with one attached hydrogen (secondary N) is 1. The molecule has 0 bridgehead atoms. The molecule has 0 radical (unpaired) electrons. The van der Waals surface area contributed by atoms with Gasteiger partial charge in [-0.25, -0.2) is 0 Å². The number of nitrogens with zero attached hydrogens (tertiary/aromatic N) is 2. The van der Waals surface area contributed by atoms with E-state index in [1.54, 1.807) is 0 Å². The third-order valence-corrected chi connectivity index (χ3v) is 4.80. The van der Waals surface area contributed by atoms with Gasteiger partial charge in [-0.3, -0.25) is 0 Å². The molecule has 1 N–H and O–H groups in total. The van der Waals surface area contributed by atoms with E-state index in [1.807, 2.05) is 6.07 Å². The molecule has 2 aromatic carbocycles. The van der Waals surface area contributed by atoms with E-state index in [0.29, 0.717) is 6.04 Å². The van der Waals surface area contributed by atoms with E-state index in [4.69, 9.17) is 0 Å². The quantitative estimate of drug-likeness (QED) is 0.686. The van der Waals surface area contributed by atoms with Crippen LogP contribution < -0.4 is 5.32 Å². The molecule has 0 fully saturated rings. The molecule has 1 aromatic heterocycles. The van der Waals surface area contributed by atoms with Crippen LogP contribution in [0.3, 0.4) is 0 Å². The molecule has 1 atom stereocenters. The van der Waals surface area contributed by atoms with Crippen molar-refractivity contribution in [2.45, 2.75) is 32.2 Å². The summed E-state index contributed by atoms with van der Waals surface area (Å²) in [5.74, 6) is 0. The van der Waals surface area contributed by atoms with Gasteiger partial charge in [-0.05, 0) is 0 Å². The number of rotatable bonds is 6. The zero-order valence-electron chi connectivity index (χ0n) is 12.1. The van der Waals surface area contributed by atoms with Crippen LogP contribution >= 0.6 is 0 Å². The number of benzene rings is 2. The van der Waals surface area contributed by atoms with Crippen LogP contribution in [0.5, 0.6) is 0 Å². The van der Waals surface area contributed by atoms with Gasteiger partial charge < -0.3 is 0 Å². The van der Waals surface area contributed by atoms with Gasteiger partial charge in [0.05, 0.1) is 0 Å². The van der Waals surface area contributed by atoms with Crippen molar-refractivity contribution in [1.82, 2.24) is 7.96 Å². The van der Waals surface area contributed by atoms with E-state index in [9.17, 15) is 0 Å². The van der Waals surface area contributed by atoms with Gasteiger partial charge >= 0.3 is 131 Å². The summed E-state index contributed by atoms with van der Waals surface area (Å²) in [7, 11) is 0. The molecule has 0 aliphatic heterocycles. The SMILES string of the molecule is CCCCC(Nc1cccc2n[se]nc12)c1ccccc1. The van der Waals surface area contributed by atoms with Crippen molar-refractivity contribution in [2.75, 3.05) is 5.32 Å². The van der Waals surface area contributed by atoms with Gasteiger partial charge in [-0.1, -0.05) is 0 Å². The Morgan fingerprint density at radius 1 is 1.05 bits per heavy atom. The summed E-state index contributed by atoms with van der Waals surface area (Å²) < 4.78 is 9.02. The molecule has 0 aliphatic carbocycles. The first-order valence-corrected chi connectivity index (χ1v) is 8.94. The summed E-state index contributed by atoms with van der Waals surface area (Å²) in [4.78, 5) is 0. The number of aromatic nitrogens is 2. The molecular formula is C17H19N3Se. The Kier molecular flexibility index (Phi) is 4.69. The molecular weight excluding hydrogens is 325 g/mol. The minimum atomic E-state index is 0.0196. The van der Waals surface area contributed by atoms with Crippen molar-refractivity contribution in [2.24, 2.45) is 0 Å². The molecule has 3 rings (SSSR count). The zero-order valence-corrected chi connectivity index (χ0v) is 13.8. The standard InChI is InChI=1S/C17H19N3Se/c1-2-3-10-14(13-8-5-4-6-9-13)18-15-11-7-12-16-17(15)20-21-19-16/h4-9,11-12,14,18H,2-3,10H2,1H3. The summed E-state index contributed by atoms with van der Waals surface area (Å²) in [6.07, 6.45) is 3.56. The molecule has 0 aliphatic rings. The van der Waals surface area contributed by atoms with Crippen LogP contribution in [-0.4, -0.2) is 22.9 Å². The monoisotopic (exact) mass is 345 g/mol. The Morgan fingerprint density at radius 2 is 1.90 bits per heavy atom. The Labute approximate surface area is 131 Å². The fourth-order valence-electron chi connectivity index (χ4n) is 2.53. The van der Waals surface area contributed by atoms with Gasteiger partial charge in [-0.15, -0.1) is 0 Å². The molecule has 1 heterocycles. The molecule has 0 saturated carbocycles. The van der Waals surface area contributed by atoms with Crippen LogP contribution in [0.2, 0.25) is 0 Å². The number of unbranched alkanes of at least 4 members (excludes halogenated alkanes) is 1. The van der Waals surface area contributed by atoms with Crippen molar-refractivity contribution in [3.63, 3.8) is 0 Å². The molecule has 3 aromatic rings. The first-order chi connectivity index (χ1) is 10.4. The average Bonchev–Trinajstić information content (AvgIpc) is 3.01. The normalized spacial score (nSPS) is 12.4. The second-order valence-electron chi connectivity index (χ2n) is 5.19. The number of anilines is 1. The Hall–Kier alpha value is -1.64. The fraction of sp³-hybridized carbons (Fsp3) is 0.294. The maximum absolute atomic E-state index is 4.56. The summed E-state index contributed by atoms with van der Waals surface area (Å²) in [5, 5.41) is 3.69. The minimum absolute atomic E-state index is 0.0196. The van der Waals surface area contributed by atoms with Crippen molar-refractivity contribution >= 4 is 31.7 Å². The Balaban J connectivity index is 1.89. The van der Waals surface area contributed by atoms with Crippen LogP contribution in [0.4, 0.5) is 5.69 Å². The first-order valence-electron chi connectivity index (χ1n) is 7.41. The predicted molar refractivity (Wildman–Crippen MR) is 88.8 cm³/mol. The summed E-state index contributed by atoms with van der Waals surface area (Å²) in [6, 6.07) is 17.2. The van der Waals surface area contributed by atoms with Gasteiger partial charge in [0.1, 0.15) is 0 Å². The van der Waals surface area contributed by atoms with Crippen LogP contribution in [0, 0.1) is 0 Å². The van der Waals surface area contributed by atoms with Crippen molar-refractivity contribution in [3.8, 4) is 0 Å². The molecule has 0 amide bonds. The molecule has 21 heavy (non-hydrogen) atoms. The van der Waals surface area contributed by atoms with Crippen molar-refractivity contribution < 1.29 is 0 Å². The van der Waals surface area contributed by atoms with Crippen molar-refractivity contribution in [1.29, 1.82) is 0 Å². The molecule has 0 spiro atoms. The molecule has 1 unspecified atom stereocenters. The van der Waals surface area contributed by atoms with Gasteiger partial charge in [0.25, 0.3) is 0 Å². The van der Waals surface area contributed by atoms with Crippen LogP contribution in [0.25, 0.3) is 11.0 Å². The van der Waals surface area contributed by atoms with E-state index in [1.165, 1.54) is 18.4 Å². The molecule has 108 valence electrons. The zero-order chi connectivity index (χ0) is 14.5. The van der Waals surface area contributed by atoms with E-state index in [-0.39, 0.29) is 15.0 Å². The summed E-state index contributed by atoms with van der Waals surface area (Å²) in [5.41, 5.74) is 4.52. The van der Waals surface area contributed by atoms with Gasteiger partial charge in [-0.2, -0.15) is 0 Å². The average molecular weight is 344 g/mol. The third kappa shape index (κ3) is 3.34. The van der Waals surface area contributed by atoms with Gasteiger partial charge in [0.2, 0.25) is 0 Å². The predicted octanol–water partition coefficient (Wildman–Crippen LogP) is 4.03. The van der Waals surface area contributed by atoms with Crippen molar-refractivity contribution in [3.05, 3.63) is 54.1 Å². The second-order valence-corrected chi connectivity index (χ2v) is 6.30. The molecule has 0 saturated heterocycles. The first kappa shape index (κ1) is 14.3. The topological polar surface area (TPSA) is 37.8 Å². The van der Waals surface area contributed by atoms with E-state index in [0.717, 1.165) is 23.1 Å². The molecule has 3 nitrogen and oxygen atoms in total. The van der Waals surface area contributed by atoms with E-state index < -0.39 is 0 Å². The Morgan fingerprint density at radius 3 is 2.71 bits per heavy atom. The molecule has 4 heteroatoms. The van der Waals surface area contributed by atoms with E-state index in [2.05, 4.69) is 62.7 Å². The summed E-state index contributed by atoms with van der Waals surface area (Å²) >= 11 is 0.0196. The van der Waals surface area contributed by atoms with Gasteiger partial charge in [0.15, 0.2) is 0 Å². The maximum atomic E-state index is 4.56. The summed E-state index contributed by atoms with van der Waals surface area (Å²) in [6.45, 7) is 2.24. The number of hydrogen-bond donors (Lipinski definition) is 1. The van der Waals surface area contributed by atoms with Crippen LogP contribution in [0.1, 0.15) is 37.8 Å². The fourth-order valence-corrected chi connectivity index (χ4v) is 3.68. The van der Waals surface area contributed by atoms with Crippen LogP contribution in [-0.2, 0) is 0 Å². The van der Waals surface area contributed by atoms with Gasteiger partial charge in [0, 0.05) is 0 Å². The second kappa shape index (κ2) is 6.88. The van der Waals surface area contributed by atoms with Crippen LogP contribution in [0.15, 0.2) is 48.5 Å².